The fraction of sp³-hybridized carbons (Fsp3) is 0.655. The Morgan fingerprint density at radius 1 is 0.800 bits per heavy atom. The minimum atomic E-state index is -1.40. The van der Waals surface area contributed by atoms with E-state index in [1.54, 1.807) is 34.6 Å². The van der Waals surface area contributed by atoms with Gasteiger partial charge in [-0.1, -0.05) is 47.6 Å². The number of esters is 1. The first-order valence-electron chi connectivity index (χ1n) is 13.7. The summed E-state index contributed by atoms with van der Waals surface area (Å²) in [7, 11) is 0. The van der Waals surface area contributed by atoms with Crippen LogP contribution < -0.4 is 15.2 Å². The lowest BCUT2D eigenvalue weighted by molar-refractivity contribution is -0.157. The van der Waals surface area contributed by atoms with E-state index >= 15 is 0 Å². The maximum Gasteiger partial charge on any atom is 0.514 e. The van der Waals surface area contributed by atoms with E-state index in [9.17, 15) is 24.3 Å². The molecule has 226 valence electrons. The number of hydrogen-bond acceptors (Lipinski definition) is 10. The average molecular weight is 568 g/mol. The Bertz CT molecular complexity index is 1010. The number of carbonyl (C=O) groups excluding carboxylic acids is 3. The summed E-state index contributed by atoms with van der Waals surface area (Å²) in [5, 5.41) is 9.79. The van der Waals surface area contributed by atoms with E-state index in [-0.39, 0.29) is 23.3 Å². The van der Waals surface area contributed by atoms with Crippen LogP contribution in [-0.4, -0.2) is 53.7 Å². The molecule has 0 aromatic heterocycles. The first-order valence-corrected chi connectivity index (χ1v) is 13.7. The highest BCUT2D eigenvalue weighted by Crippen LogP contribution is 2.37. The van der Waals surface area contributed by atoms with Crippen LogP contribution in [0.4, 0.5) is 9.59 Å². The number of hydrogen-bond donors (Lipinski definition) is 2. The number of nitrogens with two attached hydrogens (primary N) is 1. The molecule has 3 N–H and O–H groups in total. The largest absolute Gasteiger partial charge is 0.514 e. The standard InChI is InChI=1S/C29H45NO10/c1-10-16(5)36-28(34)39-22-13-12-21(14-23(22)40-29(35)37-17(6)11-2)24(25(30)26(31)32)19(8)20(9)38-27(33)18(7)15(3)4/h12-20,24-25H,10-11,30H2,1-9H3,(H,31,32)/t16?,17?,18?,19?,20?,24?,25-/m0/s1. The fourth-order valence-electron chi connectivity index (χ4n) is 3.57. The molecule has 0 bridgehead atoms. The molecule has 0 spiro atoms. The van der Waals surface area contributed by atoms with Gasteiger partial charge >= 0.3 is 24.2 Å². The molecule has 0 aliphatic carbocycles. The van der Waals surface area contributed by atoms with Crippen molar-refractivity contribution in [2.45, 2.75) is 105 Å². The van der Waals surface area contributed by atoms with Gasteiger partial charge < -0.3 is 34.5 Å². The van der Waals surface area contributed by atoms with E-state index in [0.29, 0.717) is 18.4 Å². The van der Waals surface area contributed by atoms with E-state index in [0.717, 1.165) is 0 Å². The smallest absolute Gasteiger partial charge is 0.480 e. The van der Waals surface area contributed by atoms with Gasteiger partial charge in [-0.15, -0.1) is 0 Å². The van der Waals surface area contributed by atoms with Gasteiger partial charge in [0, 0.05) is 11.8 Å². The van der Waals surface area contributed by atoms with E-state index in [1.165, 1.54) is 18.2 Å². The minimum Gasteiger partial charge on any atom is -0.480 e. The van der Waals surface area contributed by atoms with Crippen LogP contribution >= 0.6 is 0 Å². The predicted octanol–water partition coefficient (Wildman–Crippen LogP) is 5.67. The van der Waals surface area contributed by atoms with Gasteiger partial charge in [-0.2, -0.15) is 0 Å². The van der Waals surface area contributed by atoms with Gasteiger partial charge in [-0.05, 0) is 57.2 Å². The maximum absolute atomic E-state index is 12.6. The number of rotatable bonds is 14. The summed E-state index contributed by atoms with van der Waals surface area (Å²) < 4.78 is 26.7. The zero-order valence-electron chi connectivity index (χ0n) is 25.0. The Morgan fingerprint density at radius 2 is 1.30 bits per heavy atom. The molecule has 40 heavy (non-hydrogen) atoms. The van der Waals surface area contributed by atoms with E-state index in [4.69, 9.17) is 29.4 Å². The second kappa shape index (κ2) is 16.1. The third-order valence-electron chi connectivity index (χ3n) is 7.14. The van der Waals surface area contributed by atoms with Crippen molar-refractivity contribution in [3.05, 3.63) is 23.8 Å². The molecule has 0 aliphatic rings. The molecule has 0 saturated heterocycles. The first kappa shape index (κ1) is 34.7. The van der Waals surface area contributed by atoms with Gasteiger partial charge in [0.05, 0.1) is 5.92 Å². The summed E-state index contributed by atoms with van der Waals surface area (Å²) >= 11 is 0. The maximum atomic E-state index is 12.6. The number of benzene rings is 1. The number of carboxylic acids is 1. The molecule has 11 heteroatoms. The van der Waals surface area contributed by atoms with Crippen molar-refractivity contribution >= 4 is 24.2 Å². The topological polar surface area (TPSA) is 161 Å². The van der Waals surface area contributed by atoms with Crippen LogP contribution in [0.1, 0.15) is 86.6 Å². The molecule has 0 amide bonds. The lowest BCUT2D eigenvalue weighted by Crippen LogP contribution is -2.43. The normalized spacial score (nSPS) is 16.5. The highest BCUT2D eigenvalue weighted by Gasteiger charge is 2.36. The summed E-state index contributed by atoms with van der Waals surface area (Å²) in [6, 6.07) is 2.82. The molecule has 1 rings (SSSR count). The molecule has 0 aliphatic heterocycles. The Labute approximate surface area is 236 Å². The lowest BCUT2D eigenvalue weighted by atomic mass is 9.79. The van der Waals surface area contributed by atoms with Crippen molar-refractivity contribution in [2.75, 3.05) is 0 Å². The van der Waals surface area contributed by atoms with Crippen LogP contribution in [-0.2, 0) is 23.8 Å². The molecular formula is C29H45NO10. The molecule has 6 unspecified atom stereocenters. The molecule has 0 heterocycles. The molecule has 0 fully saturated rings. The molecule has 7 atom stereocenters. The summed E-state index contributed by atoms with van der Waals surface area (Å²) in [4.78, 5) is 49.3. The summed E-state index contributed by atoms with van der Waals surface area (Å²) in [5.41, 5.74) is 6.47. The van der Waals surface area contributed by atoms with E-state index in [2.05, 4.69) is 0 Å². The molecule has 1 aromatic rings. The Morgan fingerprint density at radius 3 is 1.75 bits per heavy atom. The molecule has 11 nitrogen and oxygen atoms in total. The molecular weight excluding hydrogens is 522 g/mol. The number of carboxylic acid groups (broad SMARTS) is 1. The third-order valence-corrected chi connectivity index (χ3v) is 7.14. The number of ether oxygens (including phenoxy) is 5. The van der Waals surface area contributed by atoms with Crippen LogP contribution in [0.15, 0.2) is 18.2 Å². The van der Waals surface area contributed by atoms with E-state index in [1.807, 2.05) is 27.7 Å². The zero-order valence-corrected chi connectivity index (χ0v) is 25.0. The van der Waals surface area contributed by atoms with E-state index < -0.39 is 60.4 Å². The number of aliphatic carboxylic acids is 1. The van der Waals surface area contributed by atoms with Crippen molar-refractivity contribution in [3.8, 4) is 11.5 Å². The van der Waals surface area contributed by atoms with Crippen LogP contribution in [0, 0.1) is 17.8 Å². The summed E-state index contributed by atoms with van der Waals surface area (Å²) in [6.45, 7) is 16.0. The highest BCUT2D eigenvalue weighted by molar-refractivity contribution is 5.75. The Kier molecular flexibility index (Phi) is 13.9. The van der Waals surface area contributed by atoms with Gasteiger partial charge in [-0.3, -0.25) is 9.59 Å². The quantitative estimate of drug-likeness (QED) is 0.162. The van der Waals surface area contributed by atoms with Gasteiger partial charge in [0.1, 0.15) is 24.4 Å². The second-order valence-electron chi connectivity index (χ2n) is 10.5. The third kappa shape index (κ3) is 10.3. The predicted molar refractivity (Wildman–Crippen MR) is 147 cm³/mol. The average Bonchev–Trinajstić information content (AvgIpc) is 2.88. The van der Waals surface area contributed by atoms with Gasteiger partial charge in [0.25, 0.3) is 0 Å². The Balaban J connectivity index is 3.47. The van der Waals surface area contributed by atoms with Crippen molar-refractivity contribution in [1.82, 2.24) is 0 Å². The molecule has 0 saturated carbocycles. The zero-order chi connectivity index (χ0) is 30.7. The SMILES string of the molecule is CCC(C)OC(=O)Oc1ccc(C(C(C)C(C)OC(=O)C(C)C(C)C)[C@H](N)C(=O)O)cc1OC(=O)OC(C)CC. The first-order chi connectivity index (χ1) is 18.6. The summed E-state index contributed by atoms with van der Waals surface area (Å²) in [5.74, 6) is -3.77. The van der Waals surface area contributed by atoms with Crippen LogP contribution in [0.25, 0.3) is 0 Å². The monoisotopic (exact) mass is 567 g/mol. The van der Waals surface area contributed by atoms with Crippen LogP contribution in [0.5, 0.6) is 11.5 Å². The van der Waals surface area contributed by atoms with Crippen molar-refractivity contribution in [1.29, 1.82) is 0 Å². The Hall–Kier alpha value is -3.34. The number of carbonyl (C=O) groups is 4. The fourth-order valence-corrected chi connectivity index (χ4v) is 3.57. The van der Waals surface area contributed by atoms with Crippen molar-refractivity contribution < 1.29 is 48.0 Å². The highest BCUT2D eigenvalue weighted by atomic mass is 16.7. The van der Waals surface area contributed by atoms with Gasteiger partial charge in [-0.25, -0.2) is 9.59 Å². The minimum absolute atomic E-state index is 0.0570. The van der Waals surface area contributed by atoms with Gasteiger partial charge in [0.2, 0.25) is 0 Å². The second-order valence-corrected chi connectivity index (χ2v) is 10.5. The molecule has 0 radical (unpaired) electrons. The van der Waals surface area contributed by atoms with Crippen molar-refractivity contribution in [2.24, 2.45) is 23.5 Å². The molecule has 1 aromatic carbocycles. The van der Waals surface area contributed by atoms with Crippen LogP contribution in [0.2, 0.25) is 0 Å². The lowest BCUT2D eigenvalue weighted by Gasteiger charge is -2.32. The van der Waals surface area contributed by atoms with Crippen molar-refractivity contribution in [3.63, 3.8) is 0 Å². The summed E-state index contributed by atoms with van der Waals surface area (Å²) in [6.07, 6.45) is -2.49. The van der Waals surface area contributed by atoms with Gasteiger partial charge in [0.15, 0.2) is 11.5 Å². The van der Waals surface area contributed by atoms with Crippen LogP contribution in [0.3, 0.4) is 0 Å².